The van der Waals surface area contributed by atoms with E-state index in [-0.39, 0.29) is 18.1 Å². The number of carbonyl (C=O) groups excluding carboxylic acids is 1. The van der Waals surface area contributed by atoms with Crippen molar-refractivity contribution in [2.24, 2.45) is 0 Å². The zero-order valence-electron chi connectivity index (χ0n) is 17.2. The average Bonchev–Trinajstić information content (AvgIpc) is 3.40. The van der Waals surface area contributed by atoms with Crippen molar-refractivity contribution in [3.63, 3.8) is 0 Å². The highest BCUT2D eigenvalue weighted by atomic mass is 19.1. The van der Waals surface area contributed by atoms with E-state index in [4.69, 9.17) is 0 Å². The summed E-state index contributed by atoms with van der Waals surface area (Å²) in [6.07, 6.45) is 0. The summed E-state index contributed by atoms with van der Waals surface area (Å²) in [6, 6.07) is 24.2. The minimum absolute atomic E-state index is 0.0331. The second-order valence-electron chi connectivity index (χ2n) is 7.39. The lowest BCUT2D eigenvalue weighted by molar-refractivity contribution is -0.116. The first-order valence-corrected chi connectivity index (χ1v) is 10.1. The van der Waals surface area contributed by atoms with E-state index < -0.39 is 5.82 Å². The molecule has 8 heteroatoms. The smallest absolute Gasteiger partial charge is 0.244 e. The molecule has 0 aliphatic carbocycles. The van der Waals surface area contributed by atoms with Gasteiger partial charge >= 0.3 is 0 Å². The van der Waals surface area contributed by atoms with E-state index in [9.17, 15) is 9.18 Å². The minimum Gasteiger partial charge on any atom is -0.331 e. The number of para-hydroxylation sites is 1. The molecule has 0 aliphatic rings. The summed E-state index contributed by atoms with van der Waals surface area (Å²) in [7, 11) is 0. The maximum atomic E-state index is 14.5. The van der Waals surface area contributed by atoms with Gasteiger partial charge in [0.05, 0.1) is 11.4 Å². The fourth-order valence-electron chi connectivity index (χ4n) is 3.77. The lowest BCUT2D eigenvalue weighted by Crippen LogP contribution is -2.20. The van der Waals surface area contributed by atoms with Crippen molar-refractivity contribution in [3.05, 3.63) is 90.5 Å². The van der Waals surface area contributed by atoms with Crippen molar-refractivity contribution in [2.45, 2.75) is 13.5 Å². The summed E-state index contributed by atoms with van der Waals surface area (Å²) in [6.45, 7) is 1.77. The van der Waals surface area contributed by atoms with Gasteiger partial charge in [-0.1, -0.05) is 48.5 Å². The average molecular weight is 426 g/mol. The van der Waals surface area contributed by atoms with E-state index >= 15 is 0 Å². The molecule has 32 heavy (non-hydrogen) atoms. The molecular weight excluding hydrogens is 407 g/mol. The molecule has 158 valence electrons. The molecule has 0 fully saturated rings. The number of carbonyl (C=O) groups is 1. The third-order valence-electron chi connectivity index (χ3n) is 5.28. The Kier molecular flexibility index (Phi) is 4.95. The normalized spacial score (nSPS) is 11.1. The quantitative estimate of drug-likeness (QED) is 0.453. The number of benzene rings is 3. The molecular formula is C24H19FN6O. The molecule has 0 spiro atoms. The number of halogens is 1. The van der Waals surface area contributed by atoms with Gasteiger partial charge in [-0.2, -0.15) is 4.68 Å². The molecule has 0 unspecified atom stereocenters. The molecule has 0 bridgehead atoms. The molecule has 0 aliphatic heterocycles. The van der Waals surface area contributed by atoms with Crippen LogP contribution in [0.15, 0.2) is 78.9 Å². The van der Waals surface area contributed by atoms with Gasteiger partial charge < -0.3 is 9.88 Å². The number of hydrogen-bond acceptors (Lipinski definition) is 4. The number of hydrogen-bond donors (Lipinski definition) is 1. The third kappa shape index (κ3) is 3.62. The molecule has 1 amide bonds. The number of aryl methyl sites for hydroxylation is 1. The highest BCUT2D eigenvalue weighted by Gasteiger charge is 2.15. The molecule has 0 saturated carbocycles. The molecule has 2 aromatic heterocycles. The van der Waals surface area contributed by atoms with E-state index in [2.05, 4.69) is 26.9 Å². The van der Waals surface area contributed by atoms with Crippen LogP contribution in [0.1, 0.15) is 5.82 Å². The maximum Gasteiger partial charge on any atom is 0.244 e. The summed E-state index contributed by atoms with van der Waals surface area (Å²) in [5.74, 6) is -0.318. The van der Waals surface area contributed by atoms with E-state index in [0.29, 0.717) is 11.5 Å². The lowest BCUT2D eigenvalue weighted by Gasteiger charge is -2.13. The number of fused-ring (bicyclic) bond motifs is 1. The van der Waals surface area contributed by atoms with Crippen LogP contribution in [0.3, 0.4) is 0 Å². The fourth-order valence-corrected chi connectivity index (χ4v) is 3.77. The second kappa shape index (κ2) is 8.07. The van der Waals surface area contributed by atoms with Crippen LogP contribution in [0.25, 0.3) is 27.8 Å². The Labute approximate surface area is 183 Å². The van der Waals surface area contributed by atoms with Gasteiger partial charge in [-0.15, -0.1) is 5.10 Å². The molecule has 0 saturated heterocycles. The number of rotatable bonds is 5. The summed E-state index contributed by atoms with van der Waals surface area (Å²) < 4.78 is 17.9. The Hall–Kier alpha value is -4.33. The van der Waals surface area contributed by atoms with Gasteiger partial charge in [-0.05, 0) is 53.2 Å². The minimum atomic E-state index is -0.534. The monoisotopic (exact) mass is 426 g/mol. The SMILES string of the molecule is Cc1nnnn1-c1ccc(F)c(NC(=O)Cn2c(-c3ccccc3)cc3ccccc32)c1. The summed E-state index contributed by atoms with van der Waals surface area (Å²) in [4.78, 5) is 13.0. The van der Waals surface area contributed by atoms with Gasteiger partial charge in [0, 0.05) is 16.6 Å². The van der Waals surface area contributed by atoms with E-state index in [1.54, 1.807) is 13.0 Å². The largest absolute Gasteiger partial charge is 0.331 e. The van der Waals surface area contributed by atoms with Crippen molar-refractivity contribution < 1.29 is 9.18 Å². The zero-order chi connectivity index (χ0) is 22.1. The van der Waals surface area contributed by atoms with E-state index in [0.717, 1.165) is 22.2 Å². The van der Waals surface area contributed by atoms with Crippen LogP contribution in [0, 0.1) is 12.7 Å². The van der Waals surface area contributed by atoms with Crippen molar-refractivity contribution >= 4 is 22.5 Å². The molecule has 5 aromatic rings. The predicted octanol–water partition coefficient (Wildman–Crippen LogP) is 4.37. The van der Waals surface area contributed by atoms with Gasteiger partial charge in [-0.25, -0.2) is 4.39 Å². The van der Waals surface area contributed by atoms with Crippen LogP contribution in [-0.2, 0) is 11.3 Å². The molecule has 5 rings (SSSR count). The van der Waals surface area contributed by atoms with Gasteiger partial charge in [0.15, 0.2) is 5.82 Å². The van der Waals surface area contributed by atoms with Crippen LogP contribution < -0.4 is 5.32 Å². The van der Waals surface area contributed by atoms with Crippen molar-refractivity contribution in [2.75, 3.05) is 5.32 Å². The van der Waals surface area contributed by atoms with Gasteiger partial charge in [-0.3, -0.25) is 4.79 Å². The number of nitrogens with zero attached hydrogens (tertiary/aromatic N) is 5. The second-order valence-corrected chi connectivity index (χ2v) is 7.39. The Balaban J connectivity index is 1.47. The molecule has 1 N–H and O–H groups in total. The Morgan fingerprint density at radius 1 is 1.00 bits per heavy atom. The summed E-state index contributed by atoms with van der Waals surface area (Å²) in [5, 5.41) is 15.1. The standard InChI is InChI=1S/C24H19FN6O/c1-16-27-28-29-31(16)19-11-12-20(25)21(14-19)26-24(32)15-30-22-10-6-5-9-18(22)13-23(30)17-7-3-2-4-8-17/h2-14H,15H2,1H3,(H,26,32). The Morgan fingerprint density at radius 2 is 1.78 bits per heavy atom. The van der Waals surface area contributed by atoms with E-state index in [1.807, 2.05) is 59.2 Å². The Morgan fingerprint density at radius 3 is 2.56 bits per heavy atom. The molecule has 2 heterocycles. The fraction of sp³-hybridized carbons (Fsp3) is 0.0833. The molecule has 0 atom stereocenters. The number of aromatic nitrogens is 5. The van der Waals surface area contributed by atoms with Gasteiger partial charge in [0.2, 0.25) is 5.91 Å². The first-order chi connectivity index (χ1) is 15.6. The first-order valence-electron chi connectivity index (χ1n) is 10.1. The third-order valence-corrected chi connectivity index (χ3v) is 5.28. The van der Waals surface area contributed by atoms with Crippen molar-refractivity contribution in [1.29, 1.82) is 0 Å². The summed E-state index contributed by atoms with van der Waals surface area (Å²) >= 11 is 0. The zero-order valence-corrected chi connectivity index (χ0v) is 17.2. The summed E-state index contributed by atoms with van der Waals surface area (Å²) in [5.41, 5.74) is 3.47. The molecule has 7 nitrogen and oxygen atoms in total. The first kappa shape index (κ1) is 19.6. The Bertz CT molecular complexity index is 1420. The van der Waals surface area contributed by atoms with Crippen molar-refractivity contribution in [1.82, 2.24) is 24.8 Å². The topological polar surface area (TPSA) is 77.6 Å². The predicted molar refractivity (Wildman–Crippen MR) is 120 cm³/mol. The number of anilines is 1. The maximum absolute atomic E-state index is 14.5. The van der Waals surface area contributed by atoms with Crippen LogP contribution >= 0.6 is 0 Å². The van der Waals surface area contributed by atoms with Gasteiger partial charge in [0.1, 0.15) is 12.4 Å². The van der Waals surface area contributed by atoms with Crippen LogP contribution in [0.5, 0.6) is 0 Å². The van der Waals surface area contributed by atoms with Gasteiger partial charge in [0.25, 0.3) is 0 Å². The molecule has 3 aromatic carbocycles. The van der Waals surface area contributed by atoms with Crippen LogP contribution in [0.2, 0.25) is 0 Å². The number of tetrazole rings is 1. The highest BCUT2D eigenvalue weighted by Crippen LogP contribution is 2.28. The number of nitrogens with one attached hydrogen (secondary N) is 1. The number of amides is 1. The van der Waals surface area contributed by atoms with Crippen molar-refractivity contribution in [3.8, 4) is 16.9 Å². The molecule has 0 radical (unpaired) electrons. The van der Waals surface area contributed by atoms with E-state index in [1.165, 1.54) is 16.8 Å². The van der Waals surface area contributed by atoms with Crippen LogP contribution in [-0.4, -0.2) is 30.7 Å². The van der Waals surface area contributed by atoms with Crippen LogP contribution in [0.4, 0.5) is 10.1 Å². The highest BCUT2D eigenvalue weighted by molar-refractivity contribution is 5.94. The lowest BCUT2D eigenvalue weighted by atomic mass is 10.1.